The molecule has 0 aliphatic carbocycles. The minimum atomic E-state index is 0.554. The molecule has 0 saturated carbocycles. The van der Waals surface area contributed by atoms with Crippen molar-refractivity contribution in [1.82, 2.24) is 9.88 Å². The molecular weight excluding hydrogens is 400 g/mol. The van der Waals surface area contributed by atoms with Crippen molar-refractivity contribution in [2.75, 3.05) is 42.9 Å². The maximum Gasteiger partial charge on any atom is 0.0474 e. The van der Waals surface area contributed by atoms with Crippen molar-refractivity contribution in [3.8, 4) is 0 Å². The predicted molar refractivity (Wildman–Crippen MR) is 117 cm³/mol. The number of hydrogen-bond acceptors (Lipinski definition) is 3. The van der Waals surface area contributed by atoms with E-state index < -0.39 is 0 Å². The lowest BCUT2D eigenvalue weighted by molar-refractivity contribution is 0.243. The van der Waals surface area contributed by atoms with Gasteiger partial charge in [-0.1, -0.05) is 22.0 Å². The third-order valence-corrected chi connectivity index (χ3v) is 6.45. The van der Waals surface area contributed by atoms with Gasteiger partial charge in [-0.05, 0) is 54.8 Å². The molecule has 2 N–H and O–H groups in total. The summed E-state index contributed by atoms with van der Waals surface area (Å²) in [6.45, 7) is 5.59. The van der Waals surface area contributed by atoms with Crippen LogP contribution in [0.3, 0.4) is 0 Å². The van der Waals surface area contributed by atoms with Gasteiger partial charge < -0.3 is 15.2 Å². The van der Waals surface area contributed by atoms with Crippen LogP contribution in [-0.4, -0.2) is 48.6 Å². The summed E-state index contributed by atoms with van der Waals surface area (Å²) in [5.74, 6) is 0. The van der Waals surface area contributed by atoms with Crippen LogP contribution in [0.25, 0.3) is 10.9 Å². The Hall–Kier alpha value is -1.98. The molecule has 3 aromatic rings. The summed E-state index contributed by atoms with van der Waals surface area (Å²) in [6.07, 6.45) is 4.42. The number of benzene rings is 2. The summed E-state index contributed by atoms with van der Waals surface area (Å²) in [5, 5.41) is 5.09. The van der Waals surface area contributed by atoms with Gasteiger partial charge in [-0.3, -0.25) is 4.90 Å². The molecule has 1 fully saturated rings. The van der Waals surface area contributed by atoms with E-state index in [0.717, 1.165) is 32.7 Å². The lowest BCUT2D eigenvalue weighted by Crippen LogP contribution is -2.50. The number of nitrogens with zero attached hydrogens (tertiary/aromatic N) is 2. The van der Waals surface area contributed by atoms with Crippen LogP contribution >= 0.6 is 15.9 Å². The van der Waals surface area contributed by atoms with Gasteiger partial charge in [0.15, 0.2) is 0 Å². The van der Waals surface area contributed by atoms with Crippen LogP contribution in [0.1, 0.15) is 12.0 Å². The van der Waals surface area contributed by atoms with E-state index in [2.05, 4.69) is 78.5 Å². The zero-order chi connectivity index (χ0) is 18.2. The number of aryl methyl sites for hydroxylation is 1. The third kappa shape index (κ3) is 3.46. The smallest absolute Gasteiger partial charge is 0.0474 e. The van der Waals surface area contributed by atoms with E-state index >= 15 is 0 Å². The van der Waals surface area contributed by atoms with Gasteiger partial charge in [-0.2, -0.15) is 0 Å². The first-order valence-electron chi connectivity index (χ1n) is 9.85. The predicted octanol–water partition coefficient (Wildman–Crippen LogP) is 4.48. The minimum Gasteiger partial charge on any atom is -0.381 e. The Morgan fingerprint density at radius 3 is 2.81 bits per heavy atom. The third-order valence-electron chi connectivity index (χ3n) is 5.95. The van der Waals surface area contributed by atoms with Crippen molar-refractivity contribution >= 4 is 38.2 Å². The van der Waals surface area contributed by atoms with E-state index in [1.807, 2.05) is 6.20 Å². The molecule has 5 heteroatoms. The van der Waals surface area contributed by atoms with E-state index in [1.165, 1.54) is 45.2 Å². The van der Waals surface area contributed by atoms with Gasteiger partial charge in [0.2, 0.25) is 0 Å². The Morgan fingerprint density at radius 1 is 1.04 bits per heavy atom. The average Bonchev–Trinajstić information content (AvgIpc) is 3.18. The summed E-state index contributed by atoms with van der Waals surface area (Å²) in [5.41, 5.74) is 5.34. The lowest BCUT2D eigenvalue weighted by atomic mass is 9.97. The number of rotatable bonds is 3. The number of anilines is 2. The number of fused-ring (bicyclic) bond motifs is 2. The quantitative estimate of drug-likeness (QED) is 0.650. The van der Waals surface area contributed by atoms with E-state index in [0.29, 0.717) is 6.04 Å². The van der Waals surface area contributed by atoms with Crippen LogP contribution in [0.2, 0.25) is 0 Å². The largest absolute Gasteiger partial charge is 0.381 e. The molecule has 2 aliphatic rings. The van der Waals surface area contributed by atoms with Crippen molar-refractivity contribution in [3.63, 3.8) is 0 Å². The Balaban J connectivity index is 1.20. The molecule has 2 aromatic carbocycles. The van der Waals surface area contributed by atoms with Gasteiger partial charge in [0.05, 0.1) is 0 Å². The number of piperazine rings is 1. The number of halogens is 1. The molecule has 2 aliphatic heterocycles. The maximum absolute atomic E-state index is 3.75. The van der Waals surface area contributed by atoms with Crippen LogP contribution in [0, 0.1) is 0 Å². The molecule has 4 nitrogen and oxygen atoms in total. The molecule has 0 radical (unpaired) electrons. The van der Waals surface area contributed by atoms with Crippen LogP contribution < -0.4 is 10.2 Å². The van der Waals surface area contributed by atoms with Gasteiger partial charge >= 0.3 is 0 Å². The molecule has 0 amide bonds. The van der Waals surface area contributed by atoms with Gasteiger partial charge in [0, 0.05) is 71.7 Å². The average molecular weight is 425 g/mol. The second-order valence-electron chi connectivity index (χ2n) is 7.69. The molecule has 0 bridgehead atoms. The van der Waals surface area contributed by atoms with Crippen molar-refractivity contribution in [2.24, 2.45) is 0 Å². The number of aromatic amines is 1. The van der Waals surface area contributed by atoms with Crippen LogP contribution in [0.4, 0.5) is 11.4 Å². The first-order valence-corrected chi connectivity index (χ1v) is 10.6. The number of H-pyrrole nitrogens is 1. The SMILES string of the molecule is Brc1ccc2c(c1)CCC(CN1CCN(c3cccc4[nH]ccc34)CC1)N2. The monoisotopic (exact) mass is 424 g/mol. The molecule has 1 unspecified atom stereocenters. The second kappa shape index (κ2) is 7.21. The Labute approximate surface area is 168 Å². The van der Waals surface area contributed by atoms with Gasteiger partial charge in [0.1, 0.15) is 0 Å². The normalized spacial score (nSPS) is 20.5. The first kappa shape index (κ1) is 17.1. The van der Waals surface area contributed by atoms with Crippen LogP contribution in [0.15, 0.2) is 53.1 Å². The van der Waals surface area contributed by atoms with Crippen molar-refractivity contribution in [2.45, 2.75) is 18.9 Å². The molecule has 140 valence electrons. The highest BCUT2D eigenvalue weighted by Crippen LogP contribution is 2.29. The number of aromatic nitrogens is 1. The molecular formula is C22H25BrN4. The molecule has 3 heterocycles. The molecule has 0 spiro atoms. The summed E-state index contributed by atoms with van der Waals surface area (Å²) in [6, 6.07) is 15.9. The zero-order valence-corrected chi connectivity index (χ0v) is 17.0. The van der Waals surface area contributed by atoms with E-state index in [1.54, 1.807) is 0 Å². The lowest BCUT2D eigenvalue weighted by Gasteiger charge is -2.39. The van der Waals surface area contributed by atoms with Crippen molar-refractivity contribution in [1.29, 1.82) is 0 Å². The number of hydrogen-bond donors (Lipinski definition) is 2. The molecule has 1 atom stereocenters. The summed E-state index contributed by atoms with van der Waals surface area (Å²) in [7, 11) is 0. The molecule has 27 heavy (non-hydrogen) atoms. The Kier molecular flexibility index (Phi) is 4.58. The highest BCUT2D eigenvalue weighted by atomic mass is 79.9. The summed E-state index contributed by atoms with van der Waals surface area (Å²) in [4.78, 5) is 8.48. The van der Waals surface area contributed by atoms with Crippen LogP contribution in [0.5, 0.6) is 0 Å². The Morgan fingerprint density at radius 2 is 1.93 bits per heavy atom. The van der Waals surface area contributed by atoms with Crippen molar-refractivity contribution < 1.29 is 0 Å². The van der Waals surface area contributed by atoms with Gasteiger partial charge in [0.25, 0.3) is 0 Å². The summed E-state index contributed by atoms with van der Waals surface area (Å²) < 4.78 is 1.18. The van der Waals surface area contributed by atoms with Crippen LogP contribution in [-0.2, 0) is 6.42 Å². The number of nitrogens with one attached hydrogen (secondary N) is 2. The fourth-order valence-corrected chi connectivity index (χ4v) is 4.90. The molecule has 1 saturated heterocycles. The standard InChI is InChI=1S/C22H25BrN4/c23-17-5-7-20-16(14-17)4-6-18(25-20)15-26-10-12-27(13-11-26)22-3-1-2-21-19(22)8-9-24-21/h1-3,5,7-9,14,18,24-25H,4,6,10-13,15H2. The molecule has 5 rings (SSSR count). The van der Waals surface area contributed by atoms with E-state index in [9.17, 15) is 0 Å². The zero-order valence-electron chi connectivity index (χ0n) is 15.4. The van der Waals surface area contributed by atoms with E-state index in [4.69, 9.17) is 0 Å². The summed E-state index contributed by atoms with van der Waals surface area (Å²) >= 11 is 3.58. The Bertz CT molecular complexity index is 942. The topological polar surface area (TPSA) is 34.3 Å². The fraction of sp³-hybridized carbons (Fsp3) is 0.364. The fourth-order valence-electron chi connectivity index (χ4n) is 4.50. The highest BCUT2D eigenvalue weighted by molar-refractivity contribution is 9.10. The minimum absolute atomic E-state index is 0.554. The second-order valence-corrected chi connectivity index (χ2v) is 8.60. The first-order chi connectivity index (χ1) is 13.3. The van der Waals surface area contributed by atoms with Gasteiger partial charge in [-0.15, -0.1) is 0 Å². The van der Waals surface area contributed by atoms with Crippen molar-refractivity contribution in [3.05, 3.63) is 58.7 Å². The van der Waals surface area contributed by atoms with Gasteiger partial charge in [-0.25, -0.2) is 0 Å². The molecule has 1 aromatic heterocycles. The maximum atomic E-state index is 3.75. The van der Waals surface area contributed by atoms with E-state index in [-0.39, 0.29) is 0 Å². The highest BCUT2D eigenvalue weighted by Gasteiger charge is 2.24.